The Balaban J connectivity index is 0.00000436. The van der Waals surface area contributed by atoms with Crippen molar-refractivity contribution in [1.82, 2.24) is 0 Å². The summed E-state index contributed by atoms with van der Waals surface area (Å²) in [5, 5.41) is 46.7. The standard InChI is InChI=1S/C19H35NO9.CH4O/c1-4-14-16(8-23)29-17(19(25)18(14)24)11-27-9-12(5-20-2)15(7-22)28-13(6-21)10-26-3;1-2/h5-6,12-19,22-25H,4,7-11H2,1-3H3;2H,1H3/t12-,13+,14-,15?,16?,17-,18+,19?;/m1./s1. The minimum Gasteiger partial charge on any atom is -0.400 e. The van der Waals surface area contributed by atoms with E-state index in [2.05, 4.69) is 4.99 Å². The number of nitrogens with zero attached hydrogens (tertiary/aromatic N) is 1. The summed E-state index contributed by atoms with van der Waals surface area (Å²) < 4.78 is 21.8. The first-order valence-corrected chi connectivity index (χ1v) is 10.2. The number of ether oxygens (including phenoxy) is 4. The SMILES string of the molecule is CC[C@@H]1C(CO)O[C@H](COC[C@@H](C=NC)C(CO)O[C@@H](C=O)COC)C(O)[C@H]1O.CO. The Bertz CT molecular complexity index is 479. The van der Waals surface area contributed by atoms with E-state index in [9.17, 15) is 25.2 Å². The molecule has 1 fully saturated rings. The normalized spacial score (nSPS) is 29.1. The smallest absolute Gasteiger partial charge is 0.151 e. The van der Waals surface area contributed by atoms with Crippen LogP contribution in [0.4, 0.5) is 0 Å². The third kappa shape index (κ3) is 9.56. The van der Waals surface area contributed by atoms with Crippen LogP contribution in [0.15, 0.2) is 4.99 Å². The van der Waals surface area contributed by atoms with E-state index in [1.54, 1.807) is 13.3 Å². The summed E-state index contributed by atoms with van der Waals surface area (Å²) in [5.41, 5.74) is 0. The molecule has 0 saturated carbocycles. The number of aliphatic hydroxyl groups is 5. The van der Waals surface area contributed by atoms with Crippen molar-refractivity contribution in [3.63, 3.8) is 0 Å². The molecule has 3 unspecified atom stereocenters. The minimum absolute atomic E-state index is 0.0352. The van der Waals surface area contributed by atoms with Crippen LogP contribution in [0, 0.1) is 11.8 Å². The third-order valence-corrected chi connectivity index (χ3v) is 5.07. The van der Waals surface area contributed by atoms with Crippen molar-refractivity contribution in [3.05, 3.63) is 0 Å². The fourth-order valence-electron chi connectivity index (χ4n) is 3.46. The zero-order chi connectivity index (χ0) is 23.8. The average molecular weight is 454 g/mol. The van der Waals surface area contributed by atoms with Gasteiger partial charge in [-0.3, -0.25) is 0 Å². The first-order chi connectivity index (χ1) is 15.0. The number of aliphatic imine (C=N–C) groups is 1. The van der Waals surface area contributed by atoms with Crippen LogP contribution in [0.25, 0.3) is 0 Å². The molecule has 184 valence electrons. The molecule has 31 heavy (non-hydrogen) atoms. The summed E-state index contributed by atoms with van der Waals surface area (Å²) in [6.45, 7) is 1.32. The van der Waals surface area contributed by atoms with E-state index in [1.807, 2.05) is 6.92 Å². The van der Waals surface area contributed by atoms with Gasteiger partial charge in [0, 0.05) is 39.3 Å². The quantitative estimate of drug-likeness (QED) is 0.147. The van der Waals surface area contributed by atoms with Crippen molar-refractivity contribution in [1.29, 1.82) is 0 Å². The molecule has 0 aromatic carbocycles. The highest BCUT2D eigenvalue weighted by Gasteiger charge is 2.43. The Morgan fingerprint density at radius 1 is 1.13 bits per heavy atom. The van der Waals surface area contributed by atoms with Crippen molar-refractivity contribution in [2.45, 2.75) is 50.0 Å². The molecule has 1 heterocycles. The minimum atomic E-state index is -1.15. The van der Waals surface area contributed by atoms with Gasteiger partial charge in [-0.2, -0.15) is 0 Å². The van der Waals surface area contributed by atoms with Gasteiger partial charge in [-0.15, -0.1) is 0 Å². The summed E-state index contributed by atoms with van der Waals surface area (Å²) in [6.07, 6.45) is -2.45. The molecule has 0 bridgehead atoms. The van der Waals surface area contributed by atoms with Crippen LogP contribution in [-0.2, 0) is 23.7 Å². The molecule has 0 aromatic rings. The van der Waals surface area contributed by atoms with E-state index in [1.165, 1.54) is 7.11 Å². The van der Waals surface area contributed by atoms with Crippen molar-refractivity contribution in [2.75, 3.05) is 54.3 Å². The second kappa shape index (κ2) is 17.5. The van der Waals surface area contributed by atoms with Gasteiger partial charge in [0.05, 0.1) is 51.3 Å². The van der Waals surface area contributed by atoms with Crippen molar-refractivity contribution >= 4 is 12.5 Å². The number of aliphatic hydroxyl groups excluding tert-OH is 5. The largest absolute Gasteiger partial charge is 0.400 e. The van der Waals surface area contributed by atoms with Crippen molar-refractivity contribution < 1.29 is 49.3 Å². The monoisotopic (exact) mass is 453 g/mol. The molecule has 5 N–H and O–H groups in total. The first-order valence-electron chi connectivity index (χ1n) is 10.2. The van der Waals surface area contributed by atoms with E-state index in [-0.39, 0.29) is 39.0 Å². The lowest BCUT2D eigenvalue weighted by molar-refractivity contribution is -0.221. The van der Waals surface area contributed by atoms with Crippen LogP contribution in [0.1, 0.15) is 13.3 Å². The molecule has 8 atom stereocenters. The second-order valence-electron chi connectivity index (χ2n) is 7.04. The number of carbonyl (C=O) groups is 1. The van der Waals surface area contributed by atoms with Crippen LogP contribution in [0.3, 0.4) is 0 Å². The summed E-state index contributed by atoms with van der Waals surface area (Å²) in [6, 6.07) is 0. The van der Waals surface area contributed by atoms with Gasteiger partial charge < -0.3 is 54.3 Å². The molecule has 0 aliphatic carbocycles. The molecule has 1 aliphatic heterocycles. The Morgan fingerprint density at radius 2 is 1.81 bits per heavy atom. The van der Waals surface area contributed by atoms with E-state index in [0.29, 0.717) is 12.7 Å². The number of hydrogen-bond donors (Lipinski definition) is 5. The van der Waals surface area contributed by atoms with Gasteiger partial charge >= 0.3 is 0 Å². The van der Waals surface area contributed by atoms with Crippen molar-refractivity contribution in [2.24, 2.45) is 16.8 Å². The summed E-state index contributed by atoms with van der Waals surface area (Å²) in [7, 11) is 4.00. The number of hydrogen-bond acceptors (Lipinski definition) is 11. The Hall–Kier alpha value is -1.02. The highest BCUT2D eigenvalue weighted by atomic mass is 16.6. The van der Waals surface area contributed by atoms with Crippen LogP contribution >= 0.6 is 0 Å². The molecule has 0 radical (unpaired) electrons. The molecule has 11 heteroatoms. The molecule has 0 aromatic heterocycles. The Labute approximate surface area is 183 Å². The van der Waals surface area contributed by atoms with E-state index >= 15 is 0 Å². The van der Waals surface area contributed by atoms with Gasteiger partial charge in [0.25, 0.3) is 0 Å². The lowest BCUT2D eigenvalue weighted by atomic mass is 9.85. The molecule has 1 rings (SSSR count). The highest BCUT2D eigenvalue weighted by molar-refractivity contribution is 5.62. The number of methoxy groups -OCH3 is 1. The average Bonchev–Trinajstić information content (AvgIpc) is 2.80. The predicted molar refractivity (Wildman–Crippen MR) is 112 cm³/mol. The van der Waals surface area contributed by atoms with E-state index in [0.717, 1.165) is 7.11 Å². The third-order valence-electron chi connectivity index (χ3n) is 5.07. The van der Waals surface area contributed by atoms with Gasteiger partial charge in [0.2, 0.25) is 0 Å². The molecule has 1 saturated heterocycles. The molecule has 1 aliphatic rings. The maximum Gasteiger partial charge on any atom is 0.151 e. The molecular weight excluding hydrogens is 414 g/mol. The summed E-state index contributed by atoms with van der Waals surface area (Å²) in [5.74, 6) is -0.827. The zero-order valence-electron chi connectivity index (χ0n) is 18.7. The first kappa shape index (κ1) is 30.0. The fraction of sp³-hybridized carbons (Fsp3) is 0.900. The molecule has 0 amide bonds. The molecular formula is C20H39NO10. The zero-order valence-corrected chi connectivity index (χ0v) is 18.7. The van der Waals surface area contributed by atoms with E-state index < -0.39 is 42.5 Å². The van der Waals surface area contributed by atoms with Crippen LogP contribution in [-0.4, -0.2) is 129 Å². The maximum absolute atomic E-state index is 11.1. The van der Waals surface area contributed by atoms with Gasteiger partial charge in [-0.05, 0) is 6.42 Å². The topological polar surface area (TPSA) is 168 Å². The number of carbonyl (C=O) groups excluding carboxylic acids is 1. The van der Waals surface area contributed by atoms with Crippen LogP contribution < -0.4 is 0 Å². The lowest BCUT2D eigenvalue weighted by Crippen LogP contribution is -2.56. The number of rotatable bonds is 14. The number of aldehydes is 1. The van der Waals surface area contributed by atoms with E-state index in [4.69, 9.17) is 24.1 Å². The maximum atomic E-state index is 11.1. The van der Waals surface area contributed by atoms with Crippen molar-refractivity contribution in [3.8, 4) is 0 Å². The van der Waals surface area contributed by atoms with Gasteiger partial charge in [0.15, 0.2) is 6.29 Å². The predicted octanol–water partition coefficient (Wildman–Crippen LogP) is -1.97. The Kier molecular flexibility index (Phi) is 16.9. The summed E-state index contributed by atoms with van der Waals surface area (Å²) >= 11 is 0. The van der Waals surface area contributed by atoms with Crippen LogP contribution in [0.5, 0.6) is 0 Å². The molecule has 0 spiro atoms. The molecule has 11 nitrogen and oxygen atoms in total. The summed E-state index contributed by atoms with van der Waals surface area (Å²) in [4.78, 5) is 15.0. The highest BCUT2D eigenvalue weighted by Crippen LogP contribution is 2.28. The van der Waals surface area contributed by atoms with Crippen LogP contribution in [0.2, 0.25) is 0 Å². The van der Waals surface area contributed by atoms with Gasteiger partial charge in [0.1, 0.15) is 18.3 Å². The second-order valence-corrected chi connectivity index (χ2v) is 7.04. The van der Waals surface area contributed by atoms with Gasteiger partial charge in [-0.25, -0.2) is 0 Å². The van der Waals surface area contributed by atoms with Gasteiger partial charge in [-0.1, -0.05) is 6.92 Å². The Morgan fingerprint density at radius 3 is 2.29 bits per heavy atom. The fourth-order valence-corrected chi connectivity index (χ4v) is 3.46. The lowest BCUT2D eigenvalue weighted by Gasteiger charge is -2.42.